The van der Waals surface area contributed by atoms with Crippen molar-refractivity contribution in [1.29, 1.82) is 0 Å². The number of hydrogen-bond acceptors (Lipinski definition) is 4. The Kier molecular flexibility index (Phi) is 1.96. The van der Waals surface area contributed by atoms with E-state index in [0.717, 1.165) is 0 Å². The van der Waals surface area contributed by atoms with E-state index >= 15 is 0 Å². The zero-order valence-electron chi connectivity index (χ0n) is 5.44. The first kappa shape index (κ1) is 7.40. The van der Waals surface area contributed by atoms with Crippen molar-refractivity contribution < 1.29 is 18.8 Å². The molecule has 1 aromatic heterocycles. The summed E-state index contributed by atoms with van der Waals surface area (Å²) < 4.78 is 4.64. The molecule has 0 aromatic carbocycles. The summed E-state index contributed by atoms with van der Waals surface area (Å²) in [4.78, 5) is 30.5. The van der Waals surface area contributed by atoms with Crippen LogP contribution in [0.1, 0.15) is 21.1 Å². The van der Waals surface area contributed by atoms with E-state index in [2.05, 4.69) is 4.42 Å². The van der Waals surface area contributed by atoms with Gasteiger partial charge in [-0.1, -0.05) is 0 Å². The molecule has 0 radical (unpaired) electrons. The Balaban J connectivity index is 2.97. The van der Waals surface area contributed by atoms with Crippen LogP contribution in [0.4, 0.5) is 0 Å². The van der Waals surface area contributed by atoms with Gasteiger partial charge in [0.1, 0.15) is 0 Å². The summed E-state index contributed by atoms with van der Waals surface area (Å²) in [5.74, 6) is -0.838. The van der Waals surface area contributed by atoms with Gasteiger partial charge < -0.3 is 4.42 Å². The van der Waals surface area contributed by atoms with Crippen LogP contribution in [-0.4, -0.2) is 18.4 Å². The minimum Gasteiger partial charge on any atom is -0.450 e. The Labute approximate surface area is 61.8 Å². The fraction of sp³-hybridized carbons (Fsp3) is 0. The second-order valence-electron chi connectivity index (χ2n) is 1.80. The van der Waals surface area contributed by atoms with Gasteiger partial charge >= 0.3 is 0 Å². The number of ketones is 1. The molecular weight excluding hydrogens is 148 g/mol. The van der Waals surface area contributed by atoms with Gasteiger partial charge in [0.25, 0.3) is 5.78 Å². The highest BCUT2D eigenvalue weighted by atomic mass is 16.4. The van der Waals surface area contributed by atoms with Crippen LogP contribution >= 0.6 is 0 Å². The van der Waals surface area contributed by atoms with Crippen LogP contribution in [0.15, 0.2) is 16.5 Å². The van der Waals surface area contributed by atoms with Gasteiger partial charge in [0.05, 0.1) is 0 Å². The summed E-state index contributed by atoms with van der Waals surface area (Å²) in [6.07, 6.45) is 0.592. The van der Waals surface area contributed by atoms with E-state index in [4.69, 9.17) is 0 Å². The summed E-state index contributed by atoms with van der Waals surface area (Å²) >= 11 is 0. The van der Waals surface area contributed by atoms with Crippen LogP contribution in [0.3, 0.4) is 0 Å². The molecule has 0 aliphatic carbocycles. The van der Waals surface area contributed by atoms with E-state index in [1.807, 2.05) is 0 Å². The maximum atomic E-state index is 10.6. The topological polar surface area (TPSA) is 64.3 Å². The van der Waals surface area contributed by atoms with Crippen molar-refractivity contribution in [2.75, 3.05) is 0 Å². The Bertz CT molecular complexity index is 297. The fourth-order valence-corrected chi connectivity index (χ4v) is 0.607. The van der Waals surface area contributed by atoms with Crippen LogP contribution in [0, 0.1) is 0 Å². The molecular formula is C7H4O4. The van der Waals surface area contributed by atoms with Crippen LogP contribution in [0.2, 0.25) is 0 Å². The molecule has 0 aliphatic rings. The summed E-state index contributed by atoms with van der Waals surface area (Å²) in [5, 5.41) is 0. The number of rotatable bonds is 3. The quantitative estimate of drug-likeness (QED) is 0.359. The third-order valence-electron chi connectivity index (χ3n) is 1.09. The van der Waals surface area contributed by atoms with Crippen LogP contribution in [-0.2, 0) is 4.79 Å². The Morgan fingerprint density at radius 3 is 2.55 bits per heavy atom. The van der Waals surface area contributed by atoms with Crippen molar-refractivity contribution in [3.63, 3.8) is 0 Å². The third kappa shape index (κ3) is 1.40. The monoisotopic (exact) mass is 152 g/mol. The number of carbonyl (C=O) groups excluding carboxylic acids is 3. The molecule has 0 atom stereocenters. The zero-order chi connectivity index (χ0) is 8.27. The lowest BCUT2D eigenvalue weighted by Gasteiger charge is -1.82. The van der Waals surface area contributed by atoms with E-state index in [1.165, 1.54) is 12.1 Å². The molecule has 0 saturated heterocycles. The highest BCUT2D eigenvalue weighted by molar-refractivity contribution is 6.32. The first-order valence-corrected chi connectivity index (χ1v) is 2.82. The van der Waals surface area contributed by atoms with E-state index in [-0.39, 0.29) is 17.8 Å². The lowest BCUT2D eigenvalue weighted by Crippen LogP contribution is -1.96. The van der Waals surface area contributed by atoms with Crippen LogP contribution in [0.25, 0.3) is 0 Å². The van der Waals surface area contributed by atoms with E-state index < -0.39 is 5.78 Å². The SMILES string of the molecule is O=CC(=O)c1ccc(C=O)o1. The molecule has 56 valence electrons. The normalized spacial score (nSPS) is 9.09. The second-order valence-corrected chi connectivity index (χ2v) is 1.80. The highest BCUT2D eigenvalue weighted by Gasteiger charge is 2.08. The number of Topliss-reactive ketones (excluding diaryl/α,β-unsaturated/α-hetero) is 1. The predicted octanol–water partition coefficient (Wildman–Crippen LogP) is 0.474. The van der Waals surface area contributed by atoms with Crippen molar-refractivity contribution in [1.82, 2.24) is 0 Å². The van der Waals surface area contributed by atoms with Crippen molar-refractivity contribution in [2.24, 2.45) is 0 Å². The predicted molar refractivity (Wildman–Crippen MR) is 34.5 cm³/mol. The van der Waals surface area contributed by atoms with Crippen LogP contribution < -0.4 is 0 Å². The molecule has 0 N–H and O–H groups in total. The van der Waals surface area contributed by atoms with Gasteiger partial charge in [-0.3, -0.25) is 14.4 Å². The number of hydrogen-bond donors (Lipinski definition) is 0. The number of furan rings is 1. The Morgan fingerprint density at radius 2 is 2.09 bits per heavy atom. The van der Waals surface area contributed by atoms with Gasteiger partial charge in [0.2, 0.25) is 0 Å². The molecule has 1 rings (SSSR count). The largest absolute Gasteiger partial charge is 0.450 e. The van der Waals surface area contributed by atoms with Crippen molar-refractivity contribution in [3.05, 3.63) is 23.7 Å². The molecule has 0 bridgehead atoms. The number of aldehydes is 2. The van der Waals surface area contributed by atoms with Crippen molar-refractivity contribution >= 4 is 18.4 Å². The van der Waals surface area contributed by atoms with Gasteiger partial charge in [-0.2, -0.15) is 0 Å². The fourth-order valence-electron chi connectivity index (χ4n) is 0.607. The third-order valence-corrected chi connectivity index (χ3v) is 1.09. The van der Waals surface area contributed by atoms with Crippen LogP contribution in [0.5, 0.6) is 0 Å². The lowest BCUT2D eigenvalue weighted by molar-refractivity contribution is -0.104. The highest BCUT2D eigenvalue weighted by Crippen LogP contribution is 2.04. The van der Waals surface area contributed by atoms with Gasteiger partial charge in [0, 0.05) is 0 Å². The first-order valence-electron chi connectivity index (χ1n) is 2.82. The average molecular weight is 152 g/mol. The summed E-state index contributed by atoms with van der Waals surface area (Å²) in [7, 11) is 0. The average Bonchev–Trinajstić information content (AvgIpc) is 2.50. The summed E-state index contributed by atoms with van der Waals surface area (Å²) in [6, 6.07) is 2.60. The molecule has 0 spiro atoms. The van der Waals surface area contributed by atoms with Crippen molar-refractivity contribution in [2.45, 2.75) is 0 Å². The van der Waals surface area contributed by atoms with Crippen molar-refractivity contribution in [3.8, 4) is 0 Å². The summed E-state index contributed by atoms with van der Waals surface area (Å²) in [5.41, 5.74) is 0. The van der Waals surface area contributed by atoms with E-state index in [9.17, 15) is 14.4 Å². The van der Waals surface area contributed by atoms with E-state index in [1.54, 1.807) is 0 Å². The first-order chi connectivity index (χ1) is 5.27. The molecule has 4 heteroatoms. The minimum absolute atomic E-state index is 0.0372. The second kappa shape index (κ2) is 2.92. The molecule has 1 heterocycles. The molecule has 1 aromatic rings. The molecule has 0 unspecified atom stereocenters. The number of carbonyl (C=O) groups is 3. The molecule has 11 heavy (non-hydrogen) atoms. The molecule has 0 saturated carbocycles. The molecule has 0 amide bonds. The van der Waals surface area contributed by atoms with Gasteiger partial charge in [0.15, 0.2) is 24.1 Å². The Morgan fingerprint density at radius 1 is 1.36 bits per heavy atom. The lowest BCUT2D eigenvalue weighted by atomic mass is 10.3. The van der Waals surface area contributed by atoms with Gasteiger partial charge in [-0.15, -0.1) is 0 Å². The molecule has 0 aliphatic heterocycles. The molecule has 0 fully saturated rings. The van der Waals surface area contributed by atoms with Gasteiger partial charge in [-0.25, -0.2) is 0 Å². The maximum absolute atomic E-state index is 10.6. The zero-order valence-corrected chi connectivity index (χ0v) is 5.44. The van der Waals surface area contributed by atoms with E-state index in [0.29, 0.717) is 6.29 Å². The minimum atomic E-state index is -0.766. The van der Waals surface area contributed by atoms with Gasteiger partial charge in [-0.05, 0) is 12.1 Å². The Hall–Kier alpha value is -1.71. The standard InChI is InChI=1S/C7H4O4/c8-3-5-1-2-7(11-5)6(10)4-9/h1-4H. The summed E-state index contributed by atoms with van der Waals surface area (Å²) in [6.45, 7) is 0. The smallest absolute Gasteiger partial charge is 0.260 e. The molecule has 4 nitrogen and oxygen atoms in total. The maximum Gasteiger partial charge on any atom is 0.260 e.